The van der Waals surface area contributed by atoms with Crippen molar-refractivity contribution >= 4 is 12.1 Å². The molecule has 1 saturated carbocycles. The first-order valence-electron chi connectivity index (χ1n) is 7.15. The molecule has 6 heteroatoms. The third-order valence-corrected chi connectivity index (χ3v) is 3.45. The molecule has 0 unspecified atom stereocenters. The van der Waals surface area contributed by atoms with Gasteiger partial charge >= 0.3 is 12.1 Å². The minimum Gasteiger partial charge on any atom is -0.480 e. The second-order valence-electron chi connectivity index (χ2n) is 6.55. The number of hydrogen-bond donors (Lipinski definition) is 3. The van der Waals surface area contributed by atoms with Gasteiger partial charge in [-0.3, -0.25) is 0 Å². The molecule has 0 bridgehead atoms. The maximum absolute atomic E-state index is 11.7. The molecule has 0 aromatic carbocycles. The molecule has 0 saturated heterocycles. The van der Waals surface area contributed by atoms with E-state index in [1.54, 1.807) is 20.8 Å². The Balaban J connectivity index is 2.48. The van der Waals surface area contributed by atoms with Crippen LogP contribution in [-0.4, -0.2) is 34.9 Å². The largest absolute Gasteiger partial charge is 0.480 e. The van der Waals surface area contributed by atoms with Crippen LogP contribution in [0.25, 0.3) is 0 Å². The molecule has 1 atom stereocenters. The predicted octanol–water partition coefficient (Wildman–Crippen LogP) is 1.87. The number of carbonyl (C=O) groups excluding carboxylic acids is 1. The number of nitrogens with two attached hydrogens (primary N) is 1. The van der Waals surface area contributed by atoms with Gasteiger partial charge in [0.2, 0.25) is 0 Å². The van der Waals surface area contributed by atoms with E-state index in [9.17, 15) is 14.7 Å². The van der Waals surface area contributed by atoms with E-state index in [0.717, 1.165) is 25.7 Å². The SMILES string of the molecule is CC(C)(C)OC(=O)N[C@@H](C[C@H]1CC[C@@H](N)CC1)C(=O)O. The van der Waals surface area contributed by atoms with E-state index in [0.29, 0.717) is 12.3 Å². The first kappa shape index (κ1) is 16.8. The molecule has 4 N–H and O–H groups in total. The van der Waals surface area contributed by atoms with E-state index >= 15 is 0 Å². The molecule has 116 valence electrons. The van der Waals surface area contributed by atoms with Crippen LogP contribution in [-0.2, 0) is 9.53 Å². The lowest BCUT2D eigenvalue weighted by atomic mass is 9.82. The number of hydrogen-bond acceptors (Lipinski definition) is 4. The standard InChI is InChI=1S/C14H26N2O4/c1-14(2,3)20-13(19)16-11(12(17)18)8-9-4-6-10(15)7-5-9/h9-11H,4-8,15H2,1-3H3,(H,16,19)(H,17,18)/t9-,10+,11-/m0/s1. The Hall–Kier alpha value is -1.30. The van der Waals surface area contributed by atoms with Gasteiger partial charge in [-0.15, -0.1) is 0 Å². The third kappa shape index (κ3) is 6.23. The lowest BCUT2D eigenvalue weighted by molar-refractivity contribution is -0.140. The summed E-state index contributed by atoms with van der Waals surface area (Å²) in [5.41, 5.74) is 5.20. The van der Waals surface area contributed by atoms with Crippen LogP contribution in [0.3, 0.4) is 0 Å². The number of carbonyl (C=O) groups is 2. The maximum Gasteiger partial charge on any atom is 0.408 e. The van der Waals surface area contributed by atoms with E-state index in [1.807, 2.05) is 0 Å². The topological polar surface area (TPSA) is 102 Å². The number of ether oxygens (including phenoxy) is 1. The first-order valence-corrected chi connectivity index (χ1v) is 7.15. The minimum absolute atomic E-state index is 0.230. The number of carboxylic acid groups (broad SMARTS) is 1. The Morgan fingerprint density at radius 3 is 2.30 bits per heavy atom. The number of amides is 1. The number of carboxylic acids is 1. The molecule has 1 fully saturated rings. The summed E-state index contributed by atoms with van der Waals surface area (Å²) in [6, 6.07) is -0.669. The van der Waals surface area contributed by atoms with Crippen LogP contribution in [0.4, 0.5) is 4.79 Å². The van der Waals surface area contributed by atoms with Crippen molar-refractivity contribution in [2.45, 2.75) is 70.6 Å². The Bertz CT molecular complexity index is 344. The Morgan fingerprint density at radius 2 is 1.85 bits per heavy atom. The van der Waals surface area contributed by atoms with Crippen LogP contribution in [0.1, 0.15) is 52.9 Å². The molecule has 1 rings (SSSR count). The fourth-order valence-electron chi connectivity index (χ4n) is 2.43. The van der Waals surface area contributed by atoms with Gasteiger partial charge in [0.05, 0.1) is 0 Å². The molecular formula is C14H26N2O4. The number of aliphatic carboxylic acids is 1. The van der Waals surface area contributed by atoms with E-state index < -0.39 is 23.7 Å². The van der Waals surface area contributed by atoms with Gasteiger partial charge in [0.15, 0.2) is 0 Å². The highest BCUT2D eigenvalue weighted by atomic mass is 16.6. The van der Waals surface area contributed by atoms with Crippen molar-refractivity contribution in [2.75, 3.05) is 0 Å². The average Bonchev–Trinajstić information content (AvgIpc) is 2.28. The summed E-state index contributed by atoms with van der Waals surface area (Å²) >= 11 is 0. The number of nitrogens with one attached hydrogen (secondary N) is 1. The molecule has 0 heterocycles. The van der Waals surface area contributed by atoms with Gasteiger partial charge in [-0.05, 0) is 58.8 Å². The highest BCUT2D eigenvalue weighted by molar-refractivity contribution is 5.80. The fourth-order valence-corrected chi connectivity index (χ4v) is 2.43. The van der Waals surface area contributed by atoms with Crippen LogP contribution in [0.15, 0.2) is 0 Å². The van der Waals surface area contributed by atoms with Crippen LogP contribution in [0.5, 0.6) is 0 Å². The molecule has 1 aliphatic carbocycles. The minimum atomic E-state index is -1.02. The summed E-state index contributed by atoms with van der Waals surface area (Å²) in [5, 5.41) is 11.6. The van der Waals surface area contributed by atoms with Gasteiger partial charge in [0.1, 0.15) is 11.6 Å². The second-order valence-corrected chi connectivity index (χ2v) is 6.55. The van der Waals surface area contributed by atoms with E-state index in [-0.39, 0.29) is 6.04 Å². The van der Waals surface area contributed by atoms with Crippen molar-refractivity contribution in [2.24, 2.45) is 11.7 Å². The van der Waals surface area contributed by atoms with Crippen LogP contribution < -0.4 is 11.1 Å². The molecule has 1 aliphatic rings. The molecular weight excluding hydrogens is 260 g/mol. The molecule has 0 aromatic heterocycles. The summed E-state index contributed by atoms with van der Waals surface area (Å²) in [7, 11) is 0. The Kier molecular flexibility index (Phi) is 5.80. The highest BCUT2D eigenvalue weighted by Crippen LogP contribution is 2.27. The first-order chi connectivity index (χ1) is 9.17. The van der Waals surface area contributed by atoms with Crippen molar-refractivity contribution in [1.82, 2.24) is 5.32 Å². The molecule has 0 aromatic rings. The van der Waals surface area contributed by atoms with Gasteiger partial charge in [0.25, 0.3) is 0 Å². The van der Waals surface area contributed by atoms with Crippen LogP contribution >= 0.6 is 0 Å². The smallest absolute Gasteiger partial charge is 0.408 e. The lowest BCUT2D eigenvalue weighted by Crippen LogP contribution is -2.45. The van der Waals surface area contributed by atoms with Crippen molar-refractivity contribution in [3.63, 3.8) is 0 Å². The third-order valence-electron chi connectivity index (χ3n) is 3.45. The molecule has 6 nitrogen and oxygen atoms in total. The van der Waals surface area contributed by atoms with Gasteiger partial charge in [-0.25, -0.2) is 9.59 Å². The van der Waals surface area contributed by atoms with Crippen LogP contribution in [0, 0.1) is 5.92 Å². The zero-order chi connectivity index (χ0) is 15.3. The summed E-state index contributed by atoms with van der Waals surface area (Å²) in [6.07, 6.45) is 3.42. The zero-order valence-corrected chi connectivity index (χ0v) is 12.5. The molecule has 20 heavy (non-hydrogen) atoms. The summed E-state index contributed by atoms with van der Waals surface area (Å²) in [5.74, 6) is -0.725. The van der Waals surface area contributed by atoms with Crippen LogP contribution in [0.2, 0.25) is 0 Å². The van der Waals surface area contributed by atoms with Gasteiger partial charge in [-0.1, -0.05) is 0 Å². The molecule has 1 amide bonds. The second kappa shape index (κ2) is 6.92. The monoisotopic (exact) mass is 286 g/mol. The normalized spacial score (nSPS) is 24.8. The van der Waals surface area contributed by atoms with Gasteiger partial charge < -0.3 is 20.9 Å². The van der Waals surface area contributed by atoms with Gasteiger partial charge in [0, 0.05) is 6.04 Å². The van der Waals surface area contributed by atoms with E-state index in [1.165, 1.54) is 0 Å². The van der Waals surface area contributed by atoms with Crippen molar-refractivity contribution in [3.05, 3.63) is 0 Å². The van der Waals surface area contributed by atoms with Crippen molar-refractivity contribution < 1.29 is 19.4 Å². The molecule has 0 aliphatic heterocycles. The molecule has 0 radical (unpaired) electrons. The average molecular weight is 286 g/mol. The van der Waals surface area contributed by atoms with E-state index in [2.05, 4.69) is 5.32 Å². The zero-order valence-electron chi connectivity index (χ0n) is 12.5. The summed E-state index contributed by atoms with van der Waals surface area (Å²) in [4.78, 5) is 22.9. The fraction of sp³-hybridized carbons (Fsp3) is 0.857. The molecule has 0 spiro atoms. The Morgan fingerprint density at radius 1 is 1.30 bits per heavy atom. The predicted molar refractivity (Wildman–Crippen MR) is 75.3 cm³/mol. The van der Waals surface area contributed by atoms with E-state index in [4.69, 9.17) is 10.5 Å². The maximum atomic E-state index is 11.7. The Labute approximate surface area is 120 Å². The van der Waals surface area contributed by atoms with Crippen molar-refractivity contribution in [3.8, 4) is 0 Å². The number of alkyl carbamates (subject to hydrolysis) is 1. The summed E-state index contributed by atoms with van der Waals surface area (Å²) in [6.45, 7) is 5.22. The lowest BCUT2D eigenvalue weighted by Gasteiger charge is -2.28. The van der Waals surface area contributed by atoms with Gasteiger partial charge in [-0.2, -0.15) is 0 Å². The number of rotatable bonds is 4. The van der Waals surface area contributed by atoms with Crippen molar-refractivity contribution in [1.29, 1.82) is 0 Å². The highest BCUT2D eigenvalue weighted by Gasteiger charge is 2.28. The summed E-state index contributed by atoms with van der Waals surface area (Å²) < 4.78 is 5.09. The quantitative estimate of drug-likeness (QED) is 0.732.